The van der Waals surface area contributed by atoms with E-state index in [1.165, 1.54) is 12.3 Å². The summed E-state index contributed by atoms with van der Waals surface area (Å²) in [6, 6.07) is 14.0. The van der Waals surface area contributed by atoms with Gasteiger partial charge < -0.3 is 5.32 Å². The Bertz CT molecular complexity index is 1100. The molecule has 7 heteroatoms. The number of alkyl halides is 3. The Morgan fingerprint density at radius 1 is 1.14 bits per heavy atom. The molecular weight excluding hydrogens is 379 g/mol. The van der Waals surface area contributed by atoms with E-state index in [4.69, 9.17) is 5.26 Å². The first-order chi connectivity index (χ1) is 13.8. The number of hydrogen-bond acceptors (Lipinski definition) is 3. The van der Waals surface area contributed by atoms with Gasteiger partial charge in [0.1, 0.15) is 0 Å². The number of halogens is 3. The maximum atomic E-state index is 13.2. The first-order valence-electron chi connectivity index (χ1n) is 8.69. The predicted octanol–water partition coefficient (Wildman–Crippen LogP) is 5.39. The molecule has 3 rings (SSSR count). The van der Waals surface area contributed by atoms with Crippen LogP contribution in [0.1, 0.15) is 27.0 Å². The molecule has 0 spiro atoms. The van der Waals surface area contributed by atoms with Crippen LogP contribution in [0.4, 0.5) is 18.9 Å². The van der Waals surface area contributed by atoms with Crippen LogP contribution in [0, 0.1) is 18.3 Å². The average molecular weight is 395 g/mol. The van der Waals surface area contributed by atoms with Gasteiger partial charge in [0.2, 0.25) is 0 Å². The van der Waals surface area contributed by atoms with Gasteiger partial charge in [-0.15, -0.1) is 0 Å². The number of nitrogens with one attached hydrogen (secondary N) is 1. The van der Waals surface area contributed by atoms with Crippen LogP contribution < -0.4 is 5.32 Å². The van der Waals surface area contributed by atoms with Gasteiger partial charge in [-0.05, 0) is 47.9 Å². The number of nitrogens with zero attached hydrogens (tertiary/aromatic N) is 2. The minimum Gasteiger partial charge on any atom is -0.320 e. The summed E-state index contributed by atoms with van der Waals surface area (Å²) in [6.45, 7) is 1.92. The van der Waals surface area contributed by atoms with E-state index < -0.39 is 17.6 Å². The van der Waals surface area contributed by atoms with E-state index in [1.54, 1.807) is 18.3 Å². The van der Waals surface area contributed by atoms with E-state index in [9.17, 15) is 18.0 Å². The lowest BCUT2D eigenvalue weighted by atomic mass is 9.99. The van der Waals surface area contributed by atoms with Crippen LogP contribution in [0.2, 0.25) is 0 Å². The summed E-state index contributed by atoms with van der Waals surface area (Å²) in [5.74, 6) is -0.710. The van der Waals surface area contributed by atoms with E-state index in [-0.39, 0.29) is 17.5 Å². The third-order valence-corrected chi connectivity index (χ3v) is 4.37. The zero-order valence-electron chi connectivity index (χ0n) is 15.4. The minimum absolute atomic E-state index is 0.123. The lowest BCUT2D eigenvalue weighted by Crippen LogP contribution is -2.15. The summed E-state index contributed by atoms with van der Waals surface area (Å²) in [7, 11) is 0. The molecule has 0 fully saturated rings. The van der Waals surface area contributed by atoms with Crippen molar-refractivity contribution in [3.8, 4) is 17.2 Å². The number of benzene rings is 2. The molecule has 29 heavy (non-hydrogen) atoms. The van der Waals surface area contributed by atoms with Crippen molar-refractivity contribution in [3.63, 3.8) is 0 Å². The quantitative estimate of drug-likeness (QED) is 0.644. The molecule has 0 saturated carbocycles. The van der Waals surface area contributed by atoms with Crippen LogP contribution in [-0.2, 0) is 12.6 Å². The monoisotopic (exact) mass is 395 g/mol. The molecule has 0 unspecified atom stereocenters. The second-order valence-corrected chi connectivity index (χ2v) is 6.44. The molecule has 0 atom stereocenters. The number of hydrogen-bond donors (Lipinski definition) is 1. The standard InChI is InChI=1S/C22H16F3N3O/c1-14-4-2-3-5-18(14)19-7-9-27-13-20(19)28-21(29)16-10-15(6-8-26)11-17(12-16)22(23,24)25/h2-5,7,9-13H,6H2,1H3,(H,28,29). The van der Waals surface area contributed by atoms with Crippen LogP contribution >= 0.6 is 0 Å². The van der Waals surface area contributed by atoms with E-state index in [2.05, 4.69) is 10.3 Å². The SMILES string of the molecule is Cc1ccccc1-c1ccncc1NC(=O)c1cc(CC#N)cc(C(F)(F)F)c1. The van der Waals surface area contributed by atoms with E-state index in [1.807, 2.05) is 31.2 Å². The van der Waals surface area contributed by atoms with Crippen molar-refractivity contribution >= 4 is 11.6 Å². The summed E-state index contributed by atoms with van der Waals surface area (Å²) >= 11 is 0. The second-order valence-electron chi connectivity index (χ2n) is 6.44. The summed E-state index contributed by atoms with van der Waals surface area (Å²) in [5.41, 5.74) is 1.91. The Morgan fingerprint density at radius 3 is 2.59 bits per heavy atom. The summed E-state index contributed by atoms with van der Waals surface area (Å²) in [5, 5.41) is 11.5. The van der Waals surface area contributed by atoms with Gasteiger partial charge in [0.25, 0.3) is 5.91 Å². The number of amides is 1. The van der Waals surface area contributed by atoms with Gasteiger partial charge in [0.15, 0.2) is 0 Å². The van der Waals surface area contributed by atoms with Crippen LogP contribution in [0.25, 0.3) is 11.1 Å². The highest BCUT2D eigenvalue weighted by molar-refractivity contribution is 6.06. The van der Waals surface area contributed by atoms with Crippen molar-refractivity contribution in [3.05, 3.63) is 83.2 Å². The molecule has 1 amide bonds. The fraction of sp³-hybridized carbons (Fsp3) is 0.136. The lowest BCUT2D eigenvalue weighted by molar-refractivity contribution is -0.137. The maximum Gasteiger partial charge on any atom is 0.416 e. The third kappa shape index (κ3) is 4.61. The summed E-state index contributed by atoms with van der Waals surface area (Å²) in [4.78, 5) is 16.7. The fourth-order valence-electron chi connectivity index (χ4n) is 2.98. The molecule has 4 nitrogen and oxygen atoms in total. The molecule has 1 N–H and O–H groups in total. The van der Waals surface area contributed by atoms with Crippen LogP contribution in [0.5, 0.6) is 0 Å². The van der Waals surface area contributed by atoms with Crippen LogP contribution in [0.3, 0.4) is 0 Å². The second kappa shape index (κ2) is 8.15. The van der Waals surface area contributed by atoms with Crippen molar-refractivity contribution in [2.45, 2.75) is 19.5 Å². The van der Waals surface area contributed by atoms with Crippen molar-refractivity contribution in [2.75, 3.05) is 5.32 Å². The van der Waals surface area contributed by atoms with E-state index >= 15 is 0 Å². The molecule has 0 aliphatic heterocycles. The molecule has 0 bridgehead atoms. The first-order valence-corrected chi connectivity index (χ1v) is 8.69. The predicted molar refractivity (Wildman–Crippen MR) is 103 cm³/mol. The maximum absolute atomic E-state index is 13.2. The molecule has 2 aromatic carbocycles. The number of anilines is 1. The number of aromatic nitrogens is 1. The Kier molecular flexibility index (Phi) is 5.64. The van der Waals surface area contributed by atoms with Gasteiger partial charge in [-0.2, -0.15) is 18.4 Å². The Balaban J connectivity index is 1.99. The van der Waals surface area contributed by atoms with Crippen molar-refractivity contribution < 1.29 is 18.0 Å². The van der Waals surface area contributed by atoms with Gasteiger partial charge in [-0.1, -0.05) is 24.3 Å². The molecular formula is C22H16F3N3O. The molecule has 1 aromatic heterocycles. The van der Waals surface area contributed by atoms with Crippen LogP contribution in [0.15, 0.2) is 60.9 Å². The average Bonchev–Trinajstić information content (AvgIpc) is 2.68. The van der Waals surface area contributed by atoms with E-state index in [0.717, 1.165) is 23.3 Å². The molecule has 0 aliphatic rings. The van der Waals surface area contributed by atoms with Crippen molar-refractivity contribution in [1.29, 1.82) is 5.26 Å². The minimum atomic E-state index is -4.62. The number of carbonyl (C=O) groups excluding carboxylic acids is 1. The summed E-state index contributed by atoms with van der Waals surface area (Å²) < 4.78 is 39.6. The number of rotatable bonds is 4. The zero-order chi connectivity index (χ0) is 21.0. The first kappa shape index (κ1) is 20.1. The highest BCUT2D eigenvalue weighted by Gasteiger charge is 2.31. The lowest BCUT2D eigenvalue weighted by Gasteiger charge is -2.14. The number of pyridine rings is 1. The van der Waals surface area contributed by atoms with E-state index in [0.29, 0.717) is 11.3 Å². The Hall–Kier alpha value is -3.66. The number of carbonyl (C=O) groups is 1. The number of nitriles is 1. The third-order valence-electron chi connectivity index (χ3n) is 4.37. The molecule has 0 saturated heterocycles. The smallest absolute Gasteiger partial charge is 0.320 e. The zero-order valence-corrected chi connectivity index (χ0v) is 15.4. The van der Waals surface area contributed by atoms with Crippen molar-refractivity contribution in [2.24, 2.45) is 0 Å². The largest absolute Gasteiger partial charge is 0.416 e. The van der Waals surface area contributed by atoms with Gasteiger partial charge >= 0.3 is 6.18 Å². The van der Waals surface area contributed by atoms with Gasteiger partial charge in [0, 0.05) is 17.3 Å². The van der Waals surface area contributed by atoms with Gasteiger partial charge in [-0.3, -0.25) is 9.78 Å². The topological polar surface area (TPSA) is 65.8 Å². The molecule has 0 aliphatic carbocycles. The highest BCUT2D eigenvalue weighted by Crippen LogP contribution is 2.32. The normalized spacial score (nSPS) is 11.0. The van der Waals surface area contributed by atoms with Gasteiger partial charge in [0.05, 0.1) is 29.9 Å². The van der Waals surface area contributed by atoms with Gasteiger partial charge in [-0.25, -0.2) is 0 Å². The Labute approximate surface area is 165 Å². The highest BCUT2D eigenvalue weighted by atomic mass is 19.4. The fourth-order valence-corrected chi connectivity index (χ4v) is 2.98. The summed E-state index contributed by atoms with van der Waals surface area (Å²) in [6.07, 6.45) is -1.83. The Morgan fingerprint density at radius 2 is 1.90 bits per heavy atom. The number of aryl methyl sites for hydroxylation is 1. The van der Waals surface area contributed by atoms with Crippen molar-refractivity contribution in [1.82, 2.24) is 4.98 Å². The van der Waals surface area contributed by atoms with Crippen LogP contribution in [-0.4, -0.2) is 10.9 Å². The molecule has 0 radical (unpaired) electrons. The molecule has 1 heterocycles. The molecule has 146 valence electrons. The molecule has 3 aromatic rings.